The van der Waals surface area contributed by atoms with E-state index in [9.17, 15) is 4.79 Å². The lowest BCUT2D eigenvalue weighted by Gasteiger charge is -2.26. The predicted molar refractivity (Wildman–Crippen MR) is 119 cm³/mol. The minimum absolute atomic E-state index is 0.0215. The van der Waals surface area contributed by atoms with Crippen molar-refractivity contribution in [2.24, 2.45) is 0 Å². The molecule has 4 nitrogen and oxygen atoms in total. The molecule has 0 aliphatic heterocycles. The van der Waals surface area contributed by atoms with Crippen LogP contribution in [0.1, 0.15) is 41.8 Å². The van der Waals surface area contributed by atoms with Gasteiger partial charge in [-0.3, -0.25) is 9.89 Å². The summed E-state index contributed by atoms with van der Waals surface area (Å²) in [6.07, 6.45) is 1.81. The van der Waals surface area contributed by atoms with Crippen LogP contribution in [-0.4, -0.2) is 22.1 Å². The van der Waals surface area contributed by atoms with E-state index < -0.39 is 0 Å². The molecule has 3 rings (SSSR count). The normalized spacial score (nSPS) is 13.1. The molecule has 2 unspecified atom stereocenters. The van der Waals surface area contributed by atoms with Gasteiger partial charge in [0.2, 0.25) is 5.91 Å². The van der Waals surface area contributed by atoms with Gasteiger partial charge in [-0.05, 0) is 61.7 Å². The Morgan fingerprint density at radius 1 is 1.07 bits per heavy atom. The number of carbonyl (C=O) groups is 1. The molecule has 0 aliphatic carbocycles. The van der Waals surface area contributed by atoms with Gasteiger partial charge in [-0.2, -0.15) is 5.10 Å². The summed E-state index contributed by atoms with van der Waals surface area (Å²) in [5.41, 5.74) is 4.21. The monoisotopic (exact) mass is 429 g/mol. The van der Waals surface area contributed by atoms with E-state index in [0.717, 1.165) is 23.4 Å². The van der Waals surface area contributed by atoms with E-state index >= 15 is 0 Å². The Balaban J connectivity index is 1.69. The smallest absolute Gasteiger partial charge is 0.220 e. The Morgan fingerprint density at radius 3 is 2.28 bits per heavy atom. The summed E-state index contributed by atoms with van der Waals surface area (Å²) in [6.45, 7) is 4.00. The van der Waals surface area contributed by atoms with E-state index in [1.165, 1.54) is 5.56 Å². The Morgan fingerprint density at radius 2 is 1.69 bits per heavy atom. The molecule has 2 N–H and O–H groups in total. The molecule has 0 saturated heterocycles. The third-order valence-electron chi connectivity index (χ3n) is 5.03. The maximum absolute atomic E-state index is 12.5. The van der Waals surface area contributed by atoms with Gasteiger partial charge in [-0.25, -0.2) is 0 Å². The average Bonchev–Trinajstić information content (AvgIpc) is 3.12. The highest BCUT2D eigenvalue weighted by Crippen LogP contribution is 2.27. The molecule has 0 radical (unpaired) electrons. The van der Waals surface area contributed by atoms with E-state index in [0.29, 0.717) is 22.9 Å². The van der Waals surface area contributed by atoms with Crippen LogP contribution in [0, 0.1) is 6.92 Å². The fourth-order valence-corrected chi connectivity index (χ4v) is 3.69. The predicted octanol–water partition coefficient (Wildman–Crippen LogP) is 5.49. The zero-order valence-corrected chi connectivity index (χ0v) is 18.1. The number of nitrogens with one attached hydrogen (secondary N) is 2. The molecule has 3 aromatic rings. The molecule has 0 fully saturated rings. The van der Waals surface area contributed by atoms with E-state index in [1.807, 2.05) is 68.4 Å². The van der Waals surface area contributed by atoms with Crippen molar-refractivity contribution in [3.05, 3.63) is 87.2 Å². The summed E-state index contributed by atoms with van der Waals surface area (Å²) in [5, 5.41) is 11.7. The summed E-state index contributed by atoms with van der Waals surface area (Å²) in [5.74, 6) is 0.137. The standard InChI is InChI=1S/C23H25Cl2N3O/c1-15-13-21(28-27-15)11-12-23(29)26-16(2)22(18-5-9-20(25)10-6-18)14-17-3-7-19(24)8-4-17/h3-10,13,16,22H,11-12,14H2,1-2H3,(H,26,29)(H,27,28). The van der Waals surface area contributed by atoms with Crippen molar-refractivity contribution >= 4 is 29.1 Å². The molecule has 0 spiro atoms. The van der Waals surface area contributed by atoms with Crippen LogP contribution >= 0.6 is 23.2 Å². The topological polar surface area (TPSA) is 57.8 Å². The van der Waals surface area contributed by atoms with Crippen LogP contribution in [0.4, 0.5) is 0 Å². The molecule has 1 amide bonds. The first-order chi connectivity index (χ1) is 13.9. The number of benzene rings is 2. The van der Waals surface area contributed by atoms with Crippen molar-refractivity contribution in [1.29, 1.82) is 0 Å². The van der Waals surface area contributed by atoms with Gasteiger partial charge < -0.3 is 5.32 Å². The lowest BCUT2D eigenvalue weighted by molar-refractivity contribution is -0.121. The van der Waals surface area contributed by atoms with Crippen molar-refractivity contribution < 1.29 is 4.79 Å². The van der Waals surface area contributed by atoms with Gasteiger partial charge >= 0.3 is 0 Å². The number of hydrogen-bond donors (Lipinski definition) is 2. The molecule has 1 aromatic heterocycles. The number of hydrogen-bond acceptors (Lipinski definition) is 2. The lowest BCUT2D eigenvalue weighted by atomic mass is 9.86. The summed E-state index contributed by atoms with van der Waals surface area (Å²) in [4.78, 5) is 12.5. The summed E-state index contributed by atoms with van der Waals surface area (Å²) < 4.78 is 0. The number of rotatable bonds is 8. The number of amides is 1. The van der Waals surface area contributed by atoms with Crippen LogP contribution in [0.15, 0.2) is 54.6 Å². The number of nitrogens with zero attached hydrogens (tertiary/aromatic N) is 1. The fraction of sp³-hybridized carbons (Fsp3) is 0.304. The van der Waals surface area contributed by atoms with E-state index in [-0.39, 0.29) is 17.9 Å². The van der Waals surface area contributed by atoms with Crippen LogP contribution in [0.3, 0.4) is 0 Å². The zero-order valence-electron chi connectivity index (χ0n) is 16.6. The van der Waals surface area contributed by atoms with E-state index in [1.54, 1.807) is 0 Å². The molecule has 1 heterocycles. The van der Waals surface area contributed by atoms with Crippen molar-refractivity contribution in [2.45, 2.75) is 45.1 Å². The Kier molecular flexibility index (Phi) is 7.34. The quantitative estimate of drug-likeness (QED) is 0.497. The van der Waals surface area contributed by atoms with Crippen molar-refractivity contribution in [3.63, 3.8) is 0 Å². The van der Waals surface area contributed by atoms with Crippen LogP contribution in [-0.2, 0) is 17.6 Å². The first-order valence-electron chi connectivity index (χ1n) is 9.71. The molecular formula is C23H25Cl2N3O. The maximum atomic E-state index is 12.5. The number of aryl methyl sites for hydroxylation is 2. The first kappa shape index (κ1) is 21.4. The Labute approximate surface area is 181 Å². The van der Waals surface area contributed by atoms with Crippen LogP contribution in [0.25, 0.3) is 0 Å². The van der Waals surface area contributed by atoms with Crippen LogP contribution in [0.2, 0.25) is 10.0 Å². The molecule has 6 heteroatoms. The second kappa shape index (κ2) is 9.95. The third kappa shape index (κ3) is 6.34. The first-order valence-corrected chi connectivity index (χ1v) is 10.5. The highest BCUT2D eigenvalue weighted by atomic mass is 35.5. The Bertz CT molecular complexity index is 936. The number of aromatic nitrogens is 2. The van der Waals surface area contributed by atoms with Gasteiger partial charge in [-0.1, -0.05) is 47.5 Å². The lowest BCUT2D eigenvalue weighted by Crippen LogP contribution is -2.38. The Hall–Kier alpha value is -2.30. The van der Waals surface area contributed by atoms with Gasteiger partial charge in [-0.15, -0.1) is 0 Å². The van der Waals surface area contributed by atoms with Gasteiger partial charge in [0.25, 0.3) is 0 Å². The summed E-state index contributed by atoms with van der Waals surface area (Å²) >= 11 is 12.1. The highest BCUT2D eigenvalue weighted by molar-refractivity contribution is 6.30. The minimum Gasteiger partial charge on any atom is -0.353 e. The molecule has 2 atom stereocenters. The second-order valence-corrected chi connectivity index (χ2v) is 8.26. The van der Waals surface area contributed by atoms with Gasteiger partial charge in [0.15, 0.2) is 0 Å². The van der Waals surface area contributed by atoms with Gasteiger partial charge in [0.1, 0.15) is 0 Å². The molecule has 0 aliphatic rings. The van der Waals surface area contributed by atoms with Gasteiger partial charge in [0, 0.05) is 40.5 Å². The minimum atomic E-state index is -0.0414. The molecule has 0 bridgehead atoms. The van der Waals surface area contributed by atoms with Crippen molar-refractivity contribution in [3.8, 4) is 0 Å². The third-order valence-corrected chi connectivity index (χ3v) is 5.53. The van der Waals surface area contributed by atoms with Crippen molar-refractivity contribution in [2.75, 3.05) is 0 Å². The SMILES string of the molecule is Cc1cc(CCC(=O)NC(C)C(Cc2ccc(Cl)cc2)c2ccc(Cl)cc2)n[nH]1. The molecule has 2 aromatic carbocycles. The maximum Gasteiger partial charge on any atom is 0.220 e. The van der Waals surface area contributed by atoms with Gasteiger partial charge in [0.05, 0.1) is 5.69 Å². The molecule has 29 heavy (non-hydrogen) atoms. The average molecular weight is 430 g/mol. The zero-order chi connectivity index (χ0) is 20.8. The molecular weight excluding hydrogens is 405 g/mol. The van der Waals surface area contributed by atoms with Crippen LogP contribution < -0.4 is 5.32 Å². The van der Waals surface area contributed by atoms with E-state index in [4.69, 9.17) is 23.2 Å². The summed E-state index contributed by atoms with van der Waals surface area (Å²) in [7, 11) is 0. The largest absolute Gasteiger partial charge is 0.353 e. The summed E-state index contributed by atoms with van der Waals surface area (Å²) in [6, 6.07) is 17.6. The number of aromatic amines is 1. The number of H-pyrrole nitrogens is 1. The number of halogens is 2. The van der Waals surface area contributed by atoms with Crippen LogP contribution in [0.5, 0.6) is 0 Å². The number of carbonyl (C=O) groups excluding carboxylic acids is 1. The molecule has 0 saturated carbocycles. The van der Waals surface area contributed by atoms with E-state index in [2.05, 4.69) is 15.5 Å². The second-order valence-electron chi connectivity index (χ2n) is 7.39. The fourth-order valence-electron chi connectivity index (χ4n) is 3.44. The highest BCUT2D eigenvalue weighted by Gasteiger charge is 2.22. The van der Waals surface area contributed by atoms with Crippen molar-refractivity contribution in [1.82, 2.24) is 15.5 Å². The molecule has 152 valence electrons.